The van der Waals surface area contributed by atoms with Gasteiger partial charge >= 0.3 is 5.97 Å². The summed E-state index contributed by atoms with van der Waals surface area (Å²) in [7, 11) is 0. The van der Waals surface area contributed by atoms with Crippen LogP contribution in [0.5, 0.6) is 0 Å². The van der Waals surface area contributed by atoms with Crippen LogP contribution in [0.1, 0.15) is 15.2 Å². The second-order valence-corrected chi connectivity index (χ2v) is 4.10. The summed E-state index contributed by atoms with van der Waals surface area (Å²) in [6.45, 7) is 0.144. The summed E-state index contributed by atoms with van der Waals surface area (Å²) in [6.07, 6.45) is 0. The Balaban J connectivity index is 2.68. The van der Waals surface area contributed by atoms with Gasteiger partial charge in [-0.3, -0.25) is 0 Å². The highest BCUT2D eigenvalue weighted by molar-refractivity contribution is 7.21. The average molecular weight is 223 g/mol. The number of hydrogen-bond acceptors (Lipinski definition) is 4. The fraction of sp³-hybridized carbons (Fsp3) is 0.100. The van der Waals surface area contributed by atoms with Gasteiger partial charge in [0.15, 0.2) is 0 Å². The van der Waals surface area contributed by atoms with Gasteiger partial charge < -0.3 is 10.3 Å². The number of benzene rings is 1. The highest BCUT2D eigenvalue weighted by atomic mass is 32.1. The van der Waals surface area contributed by atoms with Gasteiger partial charge in [0.2, 0.25) is 0 Å². The number of hydrogen-bond donors (Lipinski definition) is 3. The molecule has 0 fully saturated rings. The second-order valence-electron chi connectivity index (χ2n) is 3.05. The maximum Gasteiger partial charge on any atom is 0.346 e. The van der Waals surface area contributed by atoms with Gasteiger partial charge in [0.05, 0.1) is 0 Å². The number of rotatable bonds is 3. The summed E-state index contributed by atoms with van der Waals surface area (Å²) in [5.74, 6) is -0.957. The molecule has 1 heterocycles. The van der Waals surface area contributed by atoms with Crippen molar-refractivity contribution in [2.24, 2.45) is 0 Å². The van der Waals surface area contributed by atoms with Crippen molar-refractivity contribution >= 4 is 27.4 Å². The van der Waals surface area contributed by atoms with Gasteiger partial charge in [0.1, 0.15) is 4.88 Å². The molecule has 15 heavy (non-hydrogen) atoms. The van der Waals surface area contributed by atoms with Crippen LogP contribution in [0.25, 0.3) is 10.1 Å². The predicted octanol–water partition coefficient (Wildman–Crippen LogP) is 2.08. The Hall–Kier alpha value is -1.43. The number of carbonyl (C=O) groups is 1. The quantitative estimate of drug-likeness (QED) is 0.697. The maximum atomic E-state index is 11.0. The number of carboxylic acid groups (broad SMARTS) is 1. The normalized spacial score (nSPS) is 10.7. The van der Waals surface area contributed by atoms with Crippen molar-refractivity contribution in [2.45, 2.75) is 6.54 Å². The molecule has 78 valence electrons. The Bertz CT molecular complexity index is 506. The van der Waals surface area contributed by atoms with Crippen LogP contribution < -0.4 is 5.48 Å². The zero-order valence-corrected chi connectivity index (χ0v) is 8.54. The number of aromatic carboxylic acids is 1. The third-order valence-corrected chi connectivity index (χ3v) is 3.35. The smallest absolute Gasteiger partial charge is 0.346 e. The Morgan fingerprint density at radius 1 is 1.40 bits per heavy atom. The SMILES string of the molecule is O=C(O)c1sc2ccccc2c1CNO. The van der Waals surface area contributed by atoms with Gasteiger partial charge in [-0.2, -0.15) is 0 Å². The monoisotopic (exact) mass is 223 g/mol. The lowest BCUT2D eigenvalue weighted by Crippen LogP contribution is -2.09. The molecule has 0 saturated carbocycles. The van der Waals surface area contributed by atoms with Gasteiger partial charge in [0, 0.05) is 16.8 Å². The summed E-state index contributed by atoms with van der Waals surface area (Å²) in [6, 6.07) is 7.43. The molecule has 1 aromatic heterocycles. The van der Waals surface area contributed by atoms with Gasteiger partial charge in [0.25, 0.3) is 0 Å². The van der Waals surface area contributed by atoms with Gasteiger partial charge in [-0.1, -0.05) is 18.2 Å². The lowest BCUT2D eigenvalue weighted by molar-refractivity contribution is 0.0700. The van der Waals surface area contributed by atoms with E-state index in [1.807, 2.05) is 29.7 Å². The lowest BCUT2D eigenvalue weighted by atomic mass is 10.1. The molecule has 0 spiro atoms. The minimum Gasteiger partial charge on any atom is -0.477 e. The Morgan fingerprint density at radius 3 is 2.80 bits per heavy atom. The molecule has 0 atom stereocenters. The van der Waals surface area contributed by atoms with E-state index >= 15 is 0 Å². The molecule has 1 aromatic carbocycles. The molecule has 0 aliphatic heterocycles. The van der Waals surface area contributed by atoms with Crippen LogP contribution in [-0.4, -0.2) is 16.3 Å². The van der Waals surface area contributed by atoms with E-state index in [0.29, 0.717) is 5.56 Å². The number of thiophene rings is 1. The number of fused-ring (bicyclic) bond motifs is 1. The summed E-state index contributed by atoms with van der Waals surface area (Å²) >= 11 is 1.22. The van der Waals surface area contributed by atoms with E-state index in [4.69, 9.17) is 10.3 Å². The topological polar surface area (TPSA) is 69.6 Å². The number of carboxylic acids is 1. The lowest BCUT2D eigenvalue weighted by Gasteiger charge is -1.98. The first-order valence-corrected chi connectivity index (χ1v) is 5.16. The first-order chi connectivity index (χ1) is 7.24. The summed E-state index contributed by atoms with van der Waals surface area (Å²) in [5, 5.41) is 18.5. The molecule has 4 nitrogen and oxygen atoms in total. The molecule has 2 rings (SSSR count). The maximum absolute atomic E-state index is 11.0. The predicted molar refractivity (Wildman–Crippen MR) is 57.4 cm³/mol. The number of hydroxylamine groups is 1. The first kappa shape index (κ1) is 10.1. The minimum atomic E-state index is -0.957. The van der Waals surface area contributed by atoms with Crippen molar-refractivity contribution in [3.05, 3.63) is 34.7 Å². The molecule has 2 aromatic rings. The fourth-order valence-corrected chi connectivity index (χ4v) is 2.59. The van der Waals surface area contributed by atoms with Crippen molar-refractivity contribution in [1.29, 1.82) is 0 Å². The van der Waals surface area contributed by atoms with Crippen molar-refractivity contribution < 1.29 is 15.1 Å². The van der Waals surface area contributed by atoms with Crippen molar-refractivity contribution in [3.63, 3.8) is 0 Å². The van der Waals surface area contributed by atoms with Crippen molar-refractivity contribution in [3.8, 4) is 0 Å². The van der Waals surface area contributed by atoms with Crippen LogP contribution in [0.4, 0.5) is 0 Å². The largest absolute Gasteiger partial charge is 0.477 e. The highest BCUT2D eigenvalue weighted by Crippen LogP contribution is 2.31. The standard InChI is InChI=1S/C10H9NO3S/c12-10(13)9-7(5-11-14)6-3-1-2-4-8(6)15-9/h1-4,11,14H,5H2,(H,12,13). The molecular weight excluding hydrogens is 214 g/mol. The molecule has 3 N–H and O–H groups in total. The molecule has 0 unspecified atom stereocenters. The molecule has 0 bridgehead atoms. The molecule has 0 saturated heterocycles. The third kappa shape index (κ3) is 1.72. The molecule has 0 aliphatic carbocycles. The van der Waals surface area contributed by atoms with Crippen molar-refractivity contribution in [1.82, 2.24) is 5.48 Å². The van der Waals surface area contributed by atoms with Crippen LogP contribution in [0.15, 0.2) is 24.3 Å². The molecule has 5 heteroatoms. The van der Waals surface area contributed by atoms with E-state index in [2.05, 4.69) is 0 Å². The van der Waals surface area contributed by atoms with Crippen LogP contribution in [0.2, 0.25) is 0 Å². The number of nitrogens with one attached hydrogen (secondary N) is 1. The van der Waals surface area contributed by atoms with Gasteiger partial charge in [-0.05, 0) is 11.5 Å². The molecule has 0 radical (unpaired) electrons. The molecule has 0 aliphatic rings. The molecular formula is C10H9NO3S. The molecule has 0 amide bonds. The highest BCUT2D eigenvalue weighted by Gasteiger charge is 2.16. The van der Waals surface area contributed by atoms with E-state index in [-0.39, 0.29) is 11.4 Å². The van der Waals surface area contributed by atoms with Crippen LogP contribution in [0.3, 0.4) is 0 Å². The Morgan fingerprint density at radius 2 is 2.13 bits per heavy atom. The Labute approximate surface area is 89.7 Å². The fourth-order valence-electron chi connectivity index (χ4n) is 1.53. The average Bonchev–Trinajstić information content (AvgIpc) is 2.58. The van der Waals surface area contributed by atoms with Crippen LogP contribution in [0, 0.1) is 0 Å². The zero-order valence-electron chi connectivity index (χ0n) is 7.73. The van der Waals surface area contributed by atoms with Crippen LogP contribution >= 0.6 is 11.3 Å². The Kier molecular flexibility index (Phi) is 2.68. The summed E-state index contributed by atoms with van der Waals surface area (Å²) in [5.41, 5.74) is 2.63. The third-order valence-electron chi connectivity index (χ3n) is 2.15. The zero-order chi connectivity index (χ0) is 10.8. The van der Waals surface area contributed by atoms with E-state index in [0.717, 1.165) is 10.1 Å². The van der Waals surface area contributed by atoms with Gasteiger partial charge in [-0.15, -0.1) is 11.3 Å². The van der Waals surface area contributed by atoms with Gasteiger partial charge in [-0.25, -0.2) is 10.3 Å². The van der Waals surface area contributed by atoms with Crippen LogP contribution in [-0.2, 0) is 6.54 Å². The van der Waals surface area contributed by atoms with E-state index in [1.165, 1.54) is 11.3 Å². The second kappa shape index (κ2) is 3.98. The van der Waals surface area contributed by atoms with Crippen molar-refractivity contribution in [2.75, 3.05) is 0 Å². The first-order valence-electron chi connectivity index (χ1n) is 4.34. The summed E-state index contributed by atoms with van der Waals surface area (Å²) in [4.78, 5) is 11.2. The summed E-state index contributed by atoms with van der Waals surface area (Å²) < 4.78 is 0.917. The van der Waals surface area contributed by atoms with E-state index in [1.54, 1.807) is 0 Å². The minimum absolute atomic E-state index is 0.144. The van der Waals surface area contributed by atoms with E-state index < -0.39 is 5.97 Å². The van der Waals surface area contributed by atoms with E-state index in [9.17, 15) is 4.79 Å².